The molecule has 6 nitrogen and oxygen atoms in total. The Hall–Kier alpha value is -1.66. The third-order valence-electron chi connectivity index (χ3n) is 13.8. The number of hydrogen-bond acceptors (Lipinski definition) is 5. The second-order valence-electron chi connectivity index (χ2n) is 20.4. The van der Waals surface area contributed by atoms with Gasteiger partial charge in [0.25, 0.3) is 0 Å². The van der Waals surface area contributed by atoms with E-state index in [0.717, 1.165) is 64.2 Å². The van der Waals surface area contributed by atoms with Gasteiger partial charge in [0, 0.05) is 6.42 Å². The number of nitrogens with one attached hydrogen (secondary N) is 1. The van der Waals surface area contributed by atoms with Crippen molar-refractivity contribution in [3.63, 3.8) is 0 Å². The van der Waals surface area contributed by atoms with Gasteiger partial charge in [-0.05, 0) is 77.0 Å². The van der Waals surface area contributed by atoms with Crippen LogP contribution in [0.1, 0.15) is 323 Å². The van der Waals surface area contributed by atoms with Gasteiger partial charge in [0.15, 0.2) is 0 Å². The van der Waals surface area contributed by atoms with Crippen LogP contribution in [-0.2, 0) is 14.3 Å². The highest BCUT2D eigenvalue weighted by Crippen LogP contribution is 2.18. The summed E-state index contributed by atoms with van der Waals surface area (Å²) in [5.74, 6) is -0.490. The summed E-state index contributed by atoms with van der Waals surface area (Å²) in [5.41, 5.74) is 0. The molecule has 0 rings (SSSR count). The lowest BCUT2D eigenvalue weighted by molar-refractivity contribution is -0.151. The number of unbranched alkanes of at least 4 members (excludes halogenated alkanes) is 38. The molecule has 1 amide bonds. The van der Waals surface area contributed by atoms with E-state index in [9.17, 15) is 19.8 Å². The van der Waals surface area contributed by atoms with Gasteiger partial charge in [0.1, 0.15) is 6.10 Å². The second kappa shape index (κ2) is 54.3. The number of amides is 1. The summed E-state index contributed by atoms with van der Waals surface area (Å²) in [6.45, 7) is 6.51. The largest absolute Gasteiger partial charge is 0.462 e. The summed E-state index contributed by atoms with van der Waals surface area (Å²) in [4.78, 5) is 26.3. The molecule has 0 spiro atoms. The van der Waals surface area contributed by atoms with Gasteiger partial charge < -0.3 is 20.3 Å². The van der Waals surface area contributed by atoms with Crippen molar-refractivity contribution in [2.45, 2.75) is 341 Å². The van der Waals surface area contributed by atoms with Gasteiger partial charge in [-0.1, -0.05) is 257 Å². The summed E-state index contributed by atoms with van der Waals surface area (Å²) < 4.78 is 5.95. The van der Waals surface area contributed by atoms with Gasteiger partial charge >= 0.3 is 5.97 Å². The molecule has 0 aliphatic heterocycles. The predicted molar refractivity (Wildman–Crippen MR) is 287 cm³/mol. The first-order valence-electron chi connectivity index (χ1n) is 29.6. The predicted octanol–water partition coefficient (Wildman–Crippen LogP) is 18.2. The average molecular weight is 931 g/mol. The molecular weight excluding hydrogens is 815 g/mol. The maximum atomic E-state index is 13.3. The molecule has 0 aliphatic rings. The molecule has 0 aromatic rings. The van der Waals surface area contributed by atoms with Crippen molar-refractivity contribution in [2.75, 3.05) is 6.61 Å². The fraction of sp³-hybridized carbons (Fsp3) is 0.900. The van der Waals surface area contributed by atoms with Crippen LogP contribution < -0.4 is 5.32 Å². The Kier molecular flexibility index (Phi) is 52.9. The molecule has 0 aromatic heterocycles. The van der Waals surface area contributed by atoms with Crippen LogP contribution in [0.4, 0.5) is 0 Å². The van der Waals surface area contributed by atoms with E-state index in [4.69, 9.17) is 4.74 Å². The maximum absolute atomic E-state index is 13.3. The lowest BCUT2D eigenvalue weighted by Crippen LogP contribution is -2.46. The van der Waals surface area contributed by atoms with Crippen molar-refractivity contribution in [3.8, 4) is 0 Å². The van der Waals surface area contributed by atoms with Gasteiger partial charge in [0.05, 0.1) is 25.2 Å². The van der Waals surface area contributed by atoms with Crippen LogP contribution in [0.25, 0.3) is 0 Å². The van der Waals surface area contributed by atoms with Gasteiger partial charge in [0.2, 0.25) is 5.91 Å². The normalized spacial score (nSPS) is 13.2. The van der Waals surface area contributed by atoms with E-state index < -0.39 is 18.2 Å². The SMILES string of the molecule is CCCCCCCCC/C=C\CCCCCC(=O)OC(CCCCC/C=C/CCCCCCCCCCC)CC(=O)NC(CO)C(O)CCCCCCCCCCCCCCCCCCC. The Morgan fingerprint density at radius 3 is 1.09 bits per heavy atom. The molecule has 0 fully saturated rings. The Balaban J connectivity index is 4.54. The first kappa shape index (κ1) is 64.3. The molecule has 0 saturated heterocycles. The number of carbonyl (C=O) groups is 2. The zero-order valence-corrected chi connectivity index (χ0v) is 44.6. The Morgan fingerprint density at radius 2 is 0.727 bits per heavy atom. The molecule has 66 heavy (non-hydrogen) atoms. The minimum Gasteiger partial charge on any atom is -0.462 e. The molecule has 3 N–H and O–H groups in total. The third-order valence-corrected chi connectivity index (χ3v) is 13.8. The molecule has 390 valence electrons. The van der Waals surface area contributed by atoms with Crippen molar-refractivity contribution in [3.05, 3.63) is 24.3 Å². The highest BCUT2D eigenvalue weighted by atomic mass is 16.5. The summed E-state index contributed by atoms with van der Waals surface area (Å²) in [6.07, 6.45) is 63.9. The van der Waals surface area contributed by atoms with E-state index in [-0.39, 0.29) is 24.9 Å². The minimum absolute atomic E-state index is 0.0657. The van der Waals surface area contributed by atoms with Crippen molar-refractivity contribution in [2.24, 2.45) is 0 Å². The van der Waals surface area contributed by atoms with E-state index in [1.807, 2.05) is 0 Å². The van der Waals surface area contributed by atoms with Gasteiger partial charge in [-0.3, -0.25) is 9.59 Å². The first-order valence-corrected chi connectivity index (χ1v) is 29.6. The lowest BCUT2D eigenvalue weighted by Gasteiger charge is -2.24. The van der Waals surface area contributed by atoms with Gasteiger partial charge in [-0.2, -0.15) is 0 Å². The van der Waals surface area contributed by atoms with Crippen LogP contribution >= 0.6 is 0 Å². The van der Waals surface area contributed by atoms with Crippen LogP contribution in [0.5, 0.6) is 0 Å². The molecular formula is C60H115NO5. The number of allylic oxidation sites excluding steroid dienone is 4. The van der Waals surface area contributed by atoms with E-state index in [2.05, 4.69) is 50.4 Å². The summed E-state index contributed by atoms with van der Waals surface area (Å²) in [6, 6.07) is -0.707. The fourth-order valence-corrected chi connectivity index (χ4v) is 9.25. The first-order chi connectivity index (χ1) is 32.5. The average Bonchev–Trinajstić information content (AvgIpc) is 3.31. The monoisotopic (exact) mass is 930 g/mol. The van der Waals surface area contributed by atoms with Crippen LogP contribution in [-0.4, -0.2) is 46.9 Å². The van der Waals surface area contributed by atoms with Crippen LogP contribution in [0.15, 0.2) is 24.3 Å². The van der Waals surface area contributed by atoms with Gasteiger partial charge in [-0.15, -0.1) is 0 Å². The van der Waals surface area contributed by atoms with Crippen LogP contribution in [0, 0.1) is 0 Å². The van der Waals surface area contributed by atoms with Crippen molar-refractivity contribution in [1.82, 2.24) is 5.32 Å². The molecule has 0 aliphatic carbocycles. The quantitative estimate of drug-likeness (QED) is 0.0321. The molecule has 6 heteroatoms. The van der Waals surface area contributed by atoms with E-state index in [1.54, 1.807) is 0 Å². The van der Waals surface area contributed by atoms with Crippen LogP contribution in [0.3, 0.4) is 0 Å². The Labute approximate surface area is 411 Å². The molecule has 0 saturated carbocycles. The number of carbonyl (C=O) groups excluding carboxylic acids is 2. The fourth-order valence-electron chi connectivity index (χ4n) is 9.25. The number of aliphatic hydroxyl groups is 2. The van der Waals surface area contributed by atoms with Crippen molar-refractivity contribution in [1.29, 1.82) is 0 Å². The lowest BCUT2D eigenvalue weighted by atomic mass is 10.0. The zero-order chi connectivity index (χ0) is 48.1. The number of esters is 1. The smallest absolute Gasteiger partial charge is 0.306 e. The second-order valence-corrected chi connectivity index (χ2v) is 20.4. The van der Waals surface area contributed by atoms with Crippen molar-refractivity contribution >= 4 is 11.9 Å². The van der Waals surface area contributed by atoms with Crippen molar-refractivity contribution < 1.29 is 24.5 Å². The van der Waals surface area contributed by atoms with E-state index in [0.29, 0.717) is 19.3 Å². The summed E-state index contributed by atoms with van der Waals surface area (Å²) >= 11 is 0. The summed E-state index contributed by atoms with van der Waals surface area (Å²) in [7, 11) is 0. The van der Waals surface area contributed by atoms with Crippen LogP contribution in [0.2, 0.25) is 0 Å². The molecule has 0 aromatic carbocycles. The molecule has 3 atom stereocenters. The molecule has 0 bridgehead atoms. The number of rotatable bonds is 54. The topological polar surface area (TPSA) is 95.9 Å². The Bertz CT molecular complexity index is 1040. The van der Waals surface area contributed by atoms with E-state index in [1.165, 1.54) is 212 Å². The standard InChI is InChI=1S/C60H115NO5/c1-4-7-10-13-16-19-22-25-28-30-32-34-37-40-43-46-49-52-58(63)57(55-62)61-59(64)54-56(51-48-45-42-39-36-33-31-29-26-23-20-17-14-11-8-5-2)66-60(65)53-50-47-44-41-38-35-27-24-21-18-15-12-9-6-3/h33,35-36,38,56-58,62-63H,4-32,34,37,39-55H2,1-3H3,(H,61,64)/b36-33+,38-35-. The molecule has 3 unspecified atom stereocenters. The summed E-state index contributed by atoms with van der Waals surface area (Å²) in [5, 5.41) is 23.9. The molecule has 0 heterocycles. The minimum atomic E-state index is -0.792. The Morgan fingerprint density at radius 1 is 0.424 bits per heavy atom. The highest BCUT2D eigenvalue weighted by Gasteiger charge is 2.24. The van der Waals surface area contributed by atoms with E-state index >= 15 is 0 Å². The number of hydrogen-bond donors (Lipinski definition) is 3. The van der Waals surface area contributed by atoms with Gasteiger partial charge in [-0.25, -0.2) is 0 Å². The highest BCUT2D eigenvalue weighted by molar-refractivity contribution is 5.77. The molecule has 0 radical (unpaired) electrons. The number of aliphatic hydroxyl groups excluding tert-OH is 2. The maximum Gasteiger partial charge on any atom is 0.306 e. The number of ether oxygens (including phenoxy) is 1. The zero-order valence-electron chi connectivity index (χ0n) is 44.6. The third kappa shape index (κ3) is 48.8.